The molecule has 0 unspecified atom stereocenters. The van der Waals surface area contributed by atoms with Gasteiger partial charge in [0.2, 0.25) is 5.91 Å². The molecule has 6 nitrogen and oxygen atoms in total. The third-order valence-corrected chi connectivity index (χ3v) is 5.01. The Balaban J connectivity index is 1.56. The maximum absolute atomic E-state index is 12.3. The molecular weight excluding hydrogens is 376 g/mol. The molecule has 2 aromatic rings. The lowest BCUT2D eigenvalue weighted by atomic mass is 10.1. The summed E-state index contributed by atoms with van der Waals surface area (Å²) < 4.78 is 0. The van der Waals surface area contributed by atoms with Crippen LogP contribution in [-0.2, 0) is 4.79 Å². The Labute approximate surface area is 170 Å². The number of carbonyl (C=O) groups excluding carboxylic acids is 2. The number of anilines is 2. The van der Waals surface area contributed by atoms with Crippen LogP contribution in [0.2, 0.25) is 5.15 Å². The highest BCUT2D eigenvalue weighted by atomic mass is 35.5. The molecule has 2 amide bonds. The van der Waals surface area contributed by atoms with Crippen LogP contribution in [0, 0.1) is 5.92 Å². The molecule has 0 saturated carbocycles. The number of benzene rings is 1. The van der Waals surface area contributed by atoms with Crippen molar-refractivity contribution in [1.29, 1.82) is 0 Å². The Morgan fingerprint density at radius 1 is 1.11 bits per heavy atom. The number of hydrogen-bond acceptors (Lipinski definition) is 4. The molecule has 0 spiro atoms. The first-order valence-corrected chi connectivity index (χ1v) is 9.86. The zero-order valence-electron chi connectivity index (χ0n) is 16.2. The maximum Gasteiger partial charge on any atom is 0.258 e. The summed E-state index contributed by atoms with van der Waals surface area (Å²) in [6, 6.07) is 11.0. The van der Waals surface area contributed by atoms with E-state index in [1.54, 1.807) is 18.3 Å². The van der Waals surface area contributed by atoms with E-state index in [1.165, 1.54) is 0 Å². The average molecular weight is 401 g/mol. The molecule has 1 aliphatic heterocycles. The quantitative estimate of drug-likeness (QED) is 0.777. The van der Waals surface area contributed by atoms with Gasteiger partial charge in [0.15, 0.2) is 0 Å². The number of piperazine rings is 1. The zero-order valence-corrected chi connectivity index (χ0v) is 16.9. The third-order valence-electron chi connectivity index (χ3n) is 4.71. The van der Waals surface area contributed by atoms with Gasteiger partial charge in [-0.3, -0.25) is 9.59 Å². The van der Waals surface area contributed by atoms with Crippen LogP contribution in [0.15, 0.2) is 42.6 Å². The van der Waals surface area contributed by atoms with Gasteiger partial charge < -0.3 is 15.1 Å². The zero-order chi connectivity index (χ0) is 20.1. The minimum atomic E-state index is -0.289. The third kappa shape index (κ3) is 5.01. The lowest BCUT2D eigenvalue weighted by Gasteiger charge is -2.36. The molecule has 0 radical (unpaired) electrons. The molecule has 0 bridgehead atoms. The van der Waals surface area contributed by atoms with Crippen molar-refractivity contribution >= 4 is 34.8 Å². The standard InChI is InChI=1S/C21H25ClN4O2/c1-15(2)14-19(27)26-12-10-25(11-13-26)17-7-5-16(6-8-17)24-21(28)18-4-3-9-23-20(18)22/h3-9,15H,10-14H2,1-2H3,(H,24,28). The van der Waals surface area contributed by atoms with Crippen LogP contribution in [0.25, 0.3) is 0 Å². The fourth-order valence-corrected chi connectivity index (χ4v) is 3.41. The number of carbonyl (C=O) groups is 2. The van der Waals surface area contributed by atoms with Gasteiger partial charge in [-0.05, 0) is 42.3 Å². The molecule has 1 aliphatic rings. The highest BCUT2D eigenvalue weighted by Gasteiger charge is 2.21. The normalized spacial score (nSPS) is 14.3. The number of nitrogens with zero attached hydrogens (tertiary/aromatic N) is 3. The predicted octanol–water partition coefficient (Wildman–Crippen LogP) is 3.68. The number of hydrogen-bond donors (Lipinski definition) is 1. The summed E-state index contributed by atoms with van der Waals surface area (Å²) in [5.74, 6) is 0.333. The SMILES string of the molecule is CC(C)CC(=O)N1CCN(c2ccc(NC(=O)c3cccnc3Cl)cc2)CC1. The number of halogens is 1. The Bertz CT molecular complexity index is 831. The highest BCUT2D eigenvalue weighted by molar-refractivity contribution is 6.33. The summed E-state index contributed by atoms with van der Waals surface area (Å²) in [4.78, 5) is 32.6. The Morgan fingerprint density at radius 2 is 1.79 bits per heavy atom. The summed E-state index contributed by atoms with van der Waals surface area (Å²) in [6.07, 6.45) is 2.15. The van der Waals surface area contributed by atoms with Gasteiger partial charge in [-0.2, -0.15) is 0 Å². The molecule has 0 aliphatic carbocycles. The van der Waals surface area contributed by atoms with E-state index in [2.05, 4.69) is 29.0 Å². The lowest BCUT2D eigenvalue weighted by Crippen LogP contribution is -2.49. The van der Waals surface area contributed by atoms with Gasteiger partial charge in [-0.15, -0.1) is 0 Å². The topological polar surface area (TPSA) is 65.5 Å². The first-order valence-electron chi connectivity index (χ1n) is 9.48. The molecule has 2 heterocycles. The fraction of sp³-hybridized carbons (Fsp3) is 0.381. The van der Waals surface area contributed by atoms with Gasteiger partial charge >= 0.3 is 0 Å². The number of aromatic nitrogens is 1. The Morgan fingerprint density at radius 3 is 2.39 bits per heavy atom. The molecule has 7 heteroatoms. The largest absolute Gasteiger partial charge is 0.368 e. The van der Waals surface area contributed by atoms with Gasteiger partial charge in [0.1, 0.15) is 5.15 Å². The molecule has 1 N–H and O–H groups in total. The summed E-state index contributed by atoms with van der Waals surface area (Å²) in [7, 11) is 0. The van der Waals surface area contributed by atoms with Crippen LogP contribution in [0.4, 0.5) is 11.4 Å². The lowest BCUT2D eigenvalue weighted by molar-refractivity contribution is -0.132. The van der Waals surface area contributed by atoms with Crippen LogP contribution in [0.3, 0.4) is 0 Å². The highest BCUT2D eigenvalue weighted by Crippen LogP contribution is 2.21. The molecule has 1 saturated heterocycles. The van der Waals surface area contributed by atoms with Gasteiger partial charge in [-0.25, -0.2) is 4.98 Å². The van der Waals surface area contributed by atoms with Crippen molar-refractivity contribution in [1.82, 2.24) is 9.88 Å². The van der Waals surface area contributed by atoms with Crippen molar-refractivity contribution in [2.24, 2.45) is 5.92 Å². The van der Waals surface area contributed by atoms with Crippen molar-refractivity contribution < 1.29 is 9.59 Å². The number of nitrogens with one attached hydrogen (secondary N) is 1. The average Bonchev–Trinajstić information content (AvgIpc) is 2.68. The van der Waals surface area contributed by atoms with E-state index < -0.39 is 0 Å². The smallest absolute Gasteiger partial charge is 0.258 e. The van der Waals surface area contributed by atoms with Crippen LogP contribution in [0.1, 0.15) is 30.6 Å². The summed E-state index contributed by atoms with van der Waals surface area (Å²) in [5, 5.41) is 3.02. The number of amides is 2. The summed E-state index contributed by atoms with van der Waals surface area (Å²) >= 11 is 5.97. The Hall–Kier alpha value is -2.60. The van der Waals surface area contributed by atoms with Gasteiger partial charge in [-0.1, -0.05) is 25.4 Å². The first kappa shape index (κ1) is 20.1. The predicted molar refractivity (Wildman–Crippen MR) is 112 cm³/mol. The van der Waals surface area contributed by atoms with E-state index in [4.69, 9.17) is 11.6 Å². The molecule has 1 fully saturated rings. The van der Waals surface area contributed by atoms with Gasteiger partial charge in [0.05, 0.1) is 5.56 Å². The van der Waals surface area contributed by atoms with Crippen LogP contribution in [0.5, 0.6) is 0 Å². The number of pyridine rings is 1. The second-order valence-corrected chi connectivity index (χ2v) is 7.67. The van der Waals surface area contributed by atoms with E-state index in [-0.39, 0.29) is 17.0 Å². The van der Waals surface area contributed by atoms with Crippen molar-refractivity contribution in [3.8, 4) is 0 Å². The van der Waals surface area contributed by atoms with Crippen molar-refractivity contribution in [3.05, 3.63) is 53.3 Å². The molecule has 3 rings (SSSR count). The van der Waals surface area contributed by atoms with Crippen molar-refractivity contribution in [2.75, 3.05) is 36.4 Å². The van der Waals surface area contributed by atoms with Crippen molar-refractivity contribution in [2.45, 2.75) is 20.3 Å². The minimum absolute atomic E-state index is 0.182. The Kier molecular flexibility index (Phi) is 6.52. The summed E-state index contributed by atoms with van der Waals surface area (Å²) in [6.45, 7) is 7.22. The van der Waals surface area contributed by atoms with Crippen LogP contribution >= 0.6 is 11.6 Å². The van der Waals surface area contributed by atoms with E-state index in [1.807, 2.05) is 29.2 Å². The summed E-state index contributed by atoms with van der Waals surface area (Å²) in [5.41, 5.74) is 2.11. The first-order chi connectivity index (χ1) is 13.4. The second kappa shape index (κ2) is 9.06. The molecule has 28 heavy (non-hydrogen) atoms. The number of rotatable bonds is 5. The van der Waals surface area contributed by atoms with E-state index in [0.717, 1.165) is 31.9 Å². The molecule has 1 aromatic carbocycles. The van der Waals surface area contributed by atoms with Crippen molar-refractivity contribution in [3.63, 3.8) is 0 Å². The van der Waals surface area contributed by atoms with Gasteiger partial charge in [0, 0.05) is 50.2 Å². The fourth-order valence-electron chi connectivity index (χ4n) is 3.20. The second-order valence-electron chi connectivity index (χ2n) is 7.31. The van der Waals surface area contributed by atoms with E-state index in [0.29, 0.717) is 23.6 Å². The van der Waals surface area contributed by atoms with Gasteiger partial charge in [0.25, 0.3) is 5.91 Å². The monoisotopic (exact) mass is 400 g/mol. The molecule has 148 valence electrons. The molecule has 1 aromatic heterocycles. The minimum Gasteiger partial charge on any atom is -0.368 e. The van der Waals surface area contributed by atoms with Crippen LogP contribution in [-0.4, -0.2) is 47.9 Å². The maximum atomic E-state index is 12.3. The van der Waals surface area contributed by atoms with Crippen LogP contribution < -0.4 is 10.2 Å². The van der Waals surface area contributed by atoms with E-state index in [9.17, 15) is 9.59 Å². The molecular formula is C21H25ClN4O2. The van der Waals surface area contributed by atoms with E-state index >= 15 is 0 Å². The molecule has 0 atom stereocenters.